The van der Waals surface area contributed by atoms with Crippen molar-refractivity contribution < 1.29 is 0 Å². The first kappa shape index (κ1) is 20.0. The van der Waals surface area contributed by atoms with Gasteiger partial charge < -0.3 is 15.2 Å². The van der Waals surface area contributed by atoms with E-state index in [-0.39, 0.29) is 24.0 Å². The number of guanidine groups is 1. The fraction of sp³-hybridized carbons (Fsp3) is 0.200. The zero-order valence-corrected chi connectivity index (χ0v) is 17.2. The van der Waals surface area contributed by atoms with Crippen LogP contribution in [-0.4, -0.2) is 29.1 Å². The maximum absolute atomic E-state index is 4.44. The predicted octanol–water partition coefficient (Wildman–Crippen LogP) is 3.55. The van der Waals surface area contributed by atoms with Crippen LogP contribution in [0, 0.1) is 0 Å². The molecule has 136 valence electrons. The van der Waals surface area contributed by atoms with Gasteiger partial charge in [0.2, 0.25) is 0 Å². The predicted molar refractivity (Wildman–Crippen MR) is 119 cm³/mol. The van der Waals surface area contributed by atoms with E-state index in [2.05, 4.69) is 62.1 Å². The Labute approximate surface area is 171 Å². The molecule has 26 heavy (non-hydrogen) atoms. The molecule has 2 aromatic carbocycles. The SMILES string of the molecule is C=CCNC(=NC)NCc1ccc(Cn2cnc3ccccc32)cc1.I. The van der Waals surface area contributed by atoms with Gasteiger partial charge in [-0.1, -0.05) is 42.5 Å². The summed E-state index contributed by atoms with van der Waals surface area (Å²) >= 11 is 0. The molecular weight excluding hydrogens is 437 g/mol. The van der Waals surface area contributed by atoms with Crippen molar-refractivity contribution in [2.75, 3.05) is 13.6 Å². The van der Waals surface area contributed by atoms with E-state index in [1.54, 1.807) is 7.05 Å². The topological polar surface area (TPSA) is 54.2 Å². The molecule has 0 aliphatic rings. The van der Waals surface area contributed by atoms with Crippen molar-refractivity contribution in [2.24, 2.45) is 4.99 Å². The first-order valence-corrected chi connectivity index (χ1v) is 8.33. The lowest BCUT2D eigenvalue weighted by Crippen LogP contribution is -2.36. The van der Waals surface area contributed by atoms with E-state index in [0.717, 1.165) is 30.1 Å². The van der Waals surface area contributed by atoms with Gasteiger partial charge in [0.05, 0.1) is 17.4 Å². The Hall–Kier alpha value is -2.35. The summed E-state index contributed by atoms with van der Waals surface area (Å²) in [7, 11) is 1.76. The van der Waals surface area contributed by atoms with Crippen LogP contribution in [-0.2, 0) is 13.1 Å². The normalized spacial score (nSPS) is 11.0. The highest BCUT2D eigenvalue weighted by Crippen LogP contribution is 2.14. The average molecular weight is 461 g/mol. The molecule has 0 bridgehead atoms. The molecule has 0 amide bonds. The number of imidazole rings is 1. The van der Waals surface area contributed by atoms with Crippen molar-refractivity contribution >= 4 is 41.0 Å². The van der Waals surface area contributed by atoms with E-state index < -0.39 is 0 Å². The number of fused-ring (bicyclic) bond motifs is 1. The summed E-state index contributed by atoms with van der Waals surface area (Å²) in [6.45, 7) is 5.93. The third kappa shape index (κ3) is 5.08. The van der Waals surface area contributed by atoms with Crippen molar-refractivity contribution in [1.82, 2.24) is 20.2 Å². The van der Waals surface area contributed by atoms with Crippen LogP contribution in [0.25, 0.3) is 11.0 Å². The Balaban J connectivity index is 0.00000243. The van der Waals surface area contributed by atoms with Crippen LogP contribution < -0.4 is 10.6 Å². The molecule has 1 aromatic heterocycles. The number of aliphatic imine (C=N–C) groups is 1. The summed E-state index contributed by atoms with van der Waals surface area (Å²) in [5, 5.41) is 6.44. The highest BCUT2D eigenvalue weighted by molar-refractivity contribution is 14.0. The molecule has 6 heteroatoms. The van der Waals surface area contributed by atoms with E-state index in [1.807, 2.05) is 30.6 Å². The Bertz CT molecular complexity index is 867. The van der Waals surface area contributed by atoms with Gasteiger partial charge in [-0.05, 0) is 23.3 Å². The van der Waals surface area contributed by atoms with Crippen LogP contribution in [0.4, 0.5) is 0 Å². The number of aromatic nitrogens is 2. The average Bonchev–Trinajstić information content (AvgIpc) is 3.06. The Morgan fingerprint density at radius 1 is 1.12 bits per heavy atom. The second-order valence-corrected chi connectivity index (χ2v) is 5.77. The van der Waals surface area contributed by atoms with Crippen LogP contribution >= 0.6 is 24.0 Å². The first-order valence-electron chi connectivity index (χ1n) is 8.33. The number of nitrogens with one attached hydrogen (secondary N) is 2. The number of nitrogens with zero attached hydrogens (tertiary/aromatic N) is 3. The third-order valence-electron chi connectivity index (χ3n) is 4.00. The fourth-order valence-electron chi connectivity index (χ4n) is 2.67. The fourth-order valence-corrected chi connectivity index (χ4v) is 2.67. The number of benzene rings is 2. The third-order valence-corrected chi connectivity index (χ3v) is 4.00. The summed E-state index contributed by atoms with van der Waals surface area (Å²) in [5.74, 6) is 0.772. The van der Waals surface area contributed by atoms with E-state index in [4.69, 9.17) is 0 Å². The molecule has 0 atom stereocenters. The van der Waals surface area contributed by atoms with Gasteiger partial charge in [0.25, 0.3) is 0 Å². The second-order valence-electron chi connectivity index (χ2n) is 5.77. The van der Waals surface area contributed by atoms with Crippen LogP contribution in [0.5, 0.6) is 0 Å². The van der Waals surface area contributed by atoms with E-state index in [1.165, 1.54) is 11.1 Å². The lowest BCUT2D eigenvalue weighted by Gasteiger charge is -2.11. The van der Waals surface area contributed by atoms with Crippen LogP contribution in [0.1, 0.15) is 11.1 Å². The van der Waals surface area contributed by atoms with Gasteiger partial charge in [-0.3, -0.25) is 4.99 Å². The van der Waals surface area contributed by atoms with Crippen LogP contribution in [0.15, 0.2) is 72.5 Å². The van der Waals surface area contributed by atoms with Gasteiger partial charge in [-0.15, -0.1) is 30.6 Å². The van der Waals surface area contributed by atoms with Gasteiger partial charge in [-0.2, -0.15) is 0 Å². The Morgan fingerprint density at radius 2 is 1.85 bits per heavy atom. The van der Waals surface area contributed by atoms with Crippen LogP contribution in [0.3, 0.4) is 0 Å². The number of halogens is 1. The van der Waals surface area contributed by atoms with Crippen molar-refractivity contribution in [1.29, 1.82) is 0 Å². The molecule has 0 unspecified atom stereocenters. The van der Waals surface area contributed by atoms with Crippen molar-refractivity contribution in [2.45, 2.75) is 13.1 Å². The molecule has 3 rings (SSSR count). The molecule has 0 aliphatic heterocycles. The minimum absolute atomic E-state index is 0. The molecule has 0 radical (unpaired) electrons. The molecule has 3 aromatic rings. The van der Waals surface area contributed by atoms with Gasteiger partial charge in [0.1, 0.15) is 0 Å². The van der Waals surface area contributed by atoms with Gasteiger partial charge in [0.15, 0.2) is 5.96 Å². The van der Waals surface area contributed by atoms with Crippen molar-refractivity contribution in [3.05, 3.63) is 78.6 Å². The largest absolute Gasteiger partial charge is 0.353 e. The quantitative estimate of drug-likeness (QED) is 0.256. The number of hydrogen-bond acceptors (Lipinski definition) is 2. The Morgan fingerprint density at radius 3 is 2.58 bits per heavy atom. The Kier molecular flexibility index (Phi) is 7.65. The monoisotopic (exact) mass is 461 g/mol. The standard InChI is InChI=1S/C20H23N5.HI/c1-3-12-22-20(21-2)23-13-16-8-10-17(11-9-16)14-25-15-24-18-6-4-5-7-19(18)25;/h3-11,15H,1,12-14H2,2H3,(H2,21,22,23);1H. The lowest BCUT2D eigenvalue weighted by molar-refractivity contribution is 0.819. The second kappa shape index (κ2) is 9.96. The molecule has 2 N–H and O–H groups in total. The van der Waals surface area contributed by atoms with E-state index in [0.29, 0.717) is 6.54 Å². The molecule has 0 saturated heterocycles. The summed E-state index contributed by atoms with van der Waals surface area (Å²) in [5.41, 5.74) is 4.65. The van der Waals surface area contributed by atoms with E-state index >= 15 is 0 Å². The minimum atomic E-state index is 0. The summed E-state index contributed by atoms with van der Waals surface area (Å²) < 4.78 is 2.17. The molecule has 0 aliphatic carbocycles. The van der Waals surface area contributed by atoms with E-state index in [9.17, 15) is 0 Å². The summed E-state index contributed by atoms with van der Waals surface area (Å²) in [4.78, 5) is 8.61. The maximum Gasteiger partial charge on any atom is 0.191 e. The minimum Gasteiger partial charge on any atom is -0.353 e. The number of rotatable bonds is 6. The zero-order valence-electron chi connectivity index (χ0n) is 14.9. The maximum atomic E-state index is 4.44. The van der Waals surface area contributed by atoms with Gasteiger partial charge >= 0.3 is 0 Å². The van der Waals surface area contributed by atoms with Crippen molar-refractivity contribution in [3.8, 4) is 0 Å². The van der Waals surface area contributed by atoms with Crippen molar-refractivity contribution in [3.63, 3.8) is 0 Å². The molecule has 0 saturated carbocycles. The summed E-state index contributed by atoms with van der Waals surface area (Å²) in [6, 6.07) is 16.8. The zero-order chi connectivity index (χ0) is 17.5. The van der Waals surface area contributed by atoms with Crippen LogP contribution in [0.2, 0.25) is 0 Å². The lowest BCUT2D eigenvalue weighted by atomic mass is 10.1. The highest BCUT2D eigenvalue weighted by atomic mass is 127. The molecule has 5 nitrogen and oxygen atoms in total. The summed E-state index contributed by atoms with van der Waals surface area (Å²) in [6.07, 6.45) is 3.71. The molecule has 0 fully saturated rings. The number of hydrogen-bond donors (Lipinski definition) is 2. The first-order chi connectivity index (χ1) is 12.3. The molecular formula is C20H24IN5. The van der Waals surface area contributed by atoms with Gasteiger partial charge in [-0.25, -0.2) is 4.98 Å². The molecule has 1 heterocycles. The molecule has 0 spiro atoms. The smallest absolute Gasteiger partial charge is 0.191 e. The number of para-hydroxylation sites is 2. The highest BCUT2D eigenvalue weighted by Gasteiger charge is 2.03. The van der Waals surface area contributed by atoms with Gasteiger partial charge in [0, 0.05) is 26.7 Å².